The average Bonchev–Trinajstić information content (AvgIpc) is 3.51. The lowest BCUT2D eigenvalue weighted by atomic mass is 10.1. The van der Waals surface area contributed by atoms with Crippen LogP contribution in [0.4, 0.5) is 18.9 Å². The lowest BCUT2D eigenvalue weighted by molar-refractivity contribution is -0.137. The van der Waals surface area contributed by atoms with Gasteiger partial charge in [0.15, 0.2) is 0 Å². The van der Waals surface area contributed by atoms with Crippen LogP contribution in [0.25, 0.3) is 0 Å². The van der Waals surface area contributed by atoms with E-state index in [1.807, 2.05) is 0 Å². The number of benzene rings is 1. The van der Waals surface area contributed by atoms with Crippen LogP contribution in [0.5, 0.6) is 5.75 Å². The Morgan fingerprint density at radius 1 is 1.22 bits per heavy atom. The maximum atomic E-state index is 12.3. The second-order valence-corrected chi connectivity index (χ2v) is 8.29. The van der Waals surface area contributed by atoms with Crippen molar-refractivity contribution >= 4 is 12.0 Å². The minimum Gasteiger partial charge on any atom is -0.495 e. The van der Waals surface area contributed by atoms with Gasteiger partial charge in [0.25, 0.3) is 0 Å². The van der Waals surface area contributed by atoms with Crippen molar-refractivity contribution in [3.05, 3.63) is 35.4 Å². The van der Waals surface area contributed by atoms with Gasteiger partial charge >= 0.3 is 6.18 Å². The molecule has 0 saturated heterocycles. The SMILES string of the molecule is CC(C)CCCc1nnc(CCC=O)n1C1CC1.CNc1ccc(C(F)(F)F)cc1OC. The maximum Gasteiger partial charge on any atom is 0.416 e. The number of aryl methyl sites for hydroxylation is 2. The normalized spacial score (nSPS) is 13.5. The lowest BCUT2D eigenvalue weighted by Crippen LogP contribution is -2.07. The van der Waals surface area contributed by atoms with Gasteiger partial charge in [0.05, 0.1) is 18.4 Å². The quantitative estimate of drug-likeness (QED) is 0.482. The zero-order valence-electron chi connectivity index (χ0n) is 19.2. The molecule has 1 N–H and O–H groups in total. The number of nitrogens with one attached hydrogen (secondary N) is 1. The van der Waals surface area contributed by atoms with Gasteiger partial charge in [-0.15, -0.1) is 10.2 Å². The molecule has 1 heterocycles. The molecule has 1 aromatic heterocycles. The second kappa shape index (κ2) is 11.9. The number of carbonyl (C=O) groups is 1. The molecule has 0 atom stereocenters. The van der Waals surface area contributed by atoms with Crippen LogP contribution in [0.15, 0.2) is 18.2 Å². The van der Waals surface area contributed by atoms with Crippen molar-refractivity contribution in [1.82, 2.24) is 14.8 Å². The highest BCUT2D eigenvalue weighted by Gasteiger charge is 2.31. The maximum absolute atomic E-state index is 12.3. The summed E-state index contributed by atoms with van der Waals surface area (Å²) in [6, 6.07) is 3.91. The van der Waals surface area contributed by atoms with Gasteiger partial charge in [-0.1, -0.05) is 20.3 Å². The molecule has 1 aliphatic rings. The first-order valence-corrected chi connectivity index (χ1v) is 11.0. The summed E-state index contributed by atoms with van der Waals surface area (Å²) in [5, 5.41) is 11.3. The molecule has 0 spiro atoms. The highest BCUT2D eigenvalue weighted by Crippen LogP contribution is 2.37. The Labute approximate surface area is 187 Å². The van der Waals surface area contributed by atoms with E-state index in [4.69, 9.17) is 4.74 Å². The van der Waals surface area contributed by atoms with Gasteiger partial charge in [-0.05, 0) is 43.4 Å². The molecule has 0 amide bonds. The fraction of sp³-hybridized carbons (Fsp3) is 0.609. The highest BCUT2D eigenvalue weighted by atomic mass is 19.4. The number of nitrogens with zero attached hydrogens (tertiary/aromatic N) is 3. The highest BCUT2D eigenvalue weighted by molar-refractivity contribution is 5.57. The number of hydrogen-bond acceptors (Lipinski definition) is 5. The molecule has 6 nitrogen and oxygen atoms in total. The van der Waals surface area contributed by atoms with E-state index in [2.05, 4.69) is 33.9 Å². The number of anilines is 1. The number of aromatic nitrogens is 3. The summed E-state index contributed by atoms with van der Waals surface area (Å²) in [5.41, 5.74) is -0.186. The number of ether oxygens (including phenoxy) is 1. The number of methoxy groups -OCH3 is 1. The Morgan fingerprint density at radius 2 is 1.88 bits per heavy atom. The molecule has 0 bridgehead atoms. The van der Waals surface area contributed by atoms with Gasteiger partial charge in [-0.3, -0.25) is 0 Å². The number of rotatable bonds is 10. The van der Waals surface area contributed by atoms with Crippen molar-refractivity contribution < 1.29 is 22.7 Å². The van der Waals surface area contributed by atoms with Gasteiger partial charge in [-0.25, -0.2) is 0 Å². The molecule has 32 heavy (non-hydrogen) atoms. The van der Waals surface area contributed by atoms with Crippen molar-refractivity contribution in [3.63, 3.8) is 0 Å². The average molecular weight is 455 g/mol. The Morgan fingerprint density at radius 3 is 2.38 bits per heavy atom. The predicted octanol–water partition coefficient (Wildman–Crippen LogP) is 5.48. The van der Waals surface area contributed by atoms with E-state index in [0.717, 1.165) is 48.8 Å². The Bertz CT molecular complexity index is 861. The largest absolute Gasteiger partial charge is 0.495 e. The zero-order chi connectivity index (χ0) is 23.7. The Balaban J connectivity index is 0.000000235. The minimum absolute atomic E-state index is 0.183. The van der Waals surface area contributed by atoms with Crippen LogP contribution in [0.3, 0.4) is 0 Å². The van der Waals surface area contributed by atoms with E-state index in [1.165, 1.54) is 38.9 Å². The number of aldehydes is 1. The van der Waals surface area contributed by atoms with Crippen LogP contribution in [0.2, 0.25) is 0 Å². The van der Waals surface area contributed by atoms with Crippen LogP contribution < -0.4 is 10.1 Å². The van der Waals surface area contributed by atoms with Crippen molar-refractivity contribution in [2.75, 3.05) is 19.5 Å². The molecular formula is C23H33F3N4O2. The topological polar surface area (TPSA) is 69.0 Å². The monoisotopic (exact) mass is 454 g/mol. The number of alkyl halides is 3. The van der Waals surface area contributed by atoms with E-state index in [0.29, 0.717) is 18.2 Å². The van der Waals surface area contributed by atoms with Gasteiger partial charge in [0, 0.05) is 32.4 Å². The summed E-state index contributed by atoms with van der Waals surface area (Å²) >= 11 is 0. The van der Waals surface area contributed by atoms with Gasteiger partial charge < -0.3 is 19.4 Å². The van der Waals surface area contributed by atoms with Crippen LogP contribution in [-0.4, -0.2) is 35.2 Å². The molecule has 1 saturated carbocycles. The standard InChI is InChI=1S/C14H23N3O.C9H10F3NO/c1-11(2)5-3-6-13-15-16-14(7-4-10-18)17(13)12-8-9-12;1-13-7-4-3-6(9(10,11)12)5-8(7)14-2/h10-12H,3-9H2,1-2H3;3-5,13H,1-2H3. The molecule has 1 aromatic carbocycles. The van der Waals surface area contributed by atoms with Gasteiger partial charge in [0.1, 0.15) is 23.7 Å². The molecule has 3 rings (SSSR count). The Kier molecular flexibility index (Phi) is 9.53. The summed E-state index contributed by atoms with van der Waals surface area (Å²) in [6.07, 6.45) is 3.82. The fourth-order valence-corrected chi connectivity index (χ4v) is 3.39. The smallest absolute Gasteiger partial charge is 0.416 e. The van der Waals surface area contributed by atoms with E-state index < -0.39 is 11.7 Å². The molecular weight excluding hydrogens is 421 g/mol. The van der Waals surface area contributed by atoms with Crippen molar-refractivity contribution in [2.24, 2.45) is 5.92 Å². The van der Waals surface area contributed by atoms with E-state index in [1.54, 1.807) is 7.05 Å². The molecule has 9 heteroatoms. The minimum atomic E-state index is -4.33. The molecule has 178 valence electrons. The molecule has 0 aliphatic heterocycles. The van der Waals surface area contributed by atoms with E-state index in [-0.39, 0.29) is 5.75 Å². The first-order valence-electron chi connectivity index (χ1n) is 11.0. The summed E-state index contributed by atoms with van der Waals surface area (Å²) in [5.74, 6) is 3.06. The summed E-state index contributed by atoms with van der Waals surface area (Å²) in [7, 11) is 2.95. The van der Waals surface area contributed by atoms with Crippen LogP contribution in [-0.2, 0) is 23.8 Å². The first kappa shape index (κ1) is 25.7. The van der Waals surface area contributed by atoms with Gasteiger partial charge in [0.2, 0.25) is 0 Å². The fourth-order valence-electron chi connectivity index (χ4n) is 3.39. The van der Waals surface area contributed by atoms with Crippen molar-refractivity contribution in [2.45, 2.75) is 71.0 Å². The zero-order valence-corrected chi connectivity index (χ0v) is 19.2. The second-order valence-electron chi connectivity index (χ2n) is 8.29. The molecule has 2 aromatic rings. The molecule has 1 fully saturated rings. The number of halogens is 3. The van der Waals surface area contributed by atoms with Crippen molar-refractivity contribution in [3.8, 4) is 5.75 Å². The number of carbonyl (C=O) groups excluding carboxylic acids is 1. The van der Waals surface area contributed by atoms with Crippen LogP contribution in [0.1, 0.15) is 69.2 Å². The summed E-state index contributed by atoms with van der Waals surface area (Å²) < 4.78 is 43.9. The molecule has 0 unspecified atom stereocenters. The van der Waals surface area contributed by atoms with Crippen molar-refractivity contribution in [1.29, 1.82) is 0 Å². The van der Waals surface area contributed by atoms with Gasteiger partial charge in [-0.2, -0.15) is 13.2 Å². The van der Waals surface area contributed by atoms with E-state index in [9.17, 15) is 18.0 Å². The first-order chi connectivity index (χ1) is 15.2. The number of hydrogen-bond donors (Lipinski definition) is 1. The third-order valence-corrected chi connectivity index (χ3v) is 5.21. The third-order valence-electron chi connectivity index (χ3n) is 5.21. The lowest BCUT2D eigenvalue weighted by Gasteiger charge is -2.11. The van der Waals surface area contributed by atoms with E-state index >= 15 is 0 Å². The summed E-state index contributed by atoms with van der Waals surface area (Å²) in [6.45, 7) is 4.50. The Hall–Kier alpha value is -2.58. The molecule has 1 aliphatic carbocycles. The predicted molar refractivity (Wildman–Crippen MR) is 118 cm³/mol. The van der Waals surface area contributed by atoms with Crippen LogP contribution >= 0.6 is 0 Å². The summed E-state index contributed by atoms with van der Waals surface area (Å²) in [4.78, 5) is 10.5. The molecule has 0 radical (unpaired) electrons. The van der Waals surface area contributed by atoms with Crippen LogP contribution in [0, 0.1) is 5.92 Å². The third kappa shape index (κ3) is 7.53.